The van der Waals surface area contributed by atoms with Crippen molar-refractivity contribution in [3.8, 4) is 11.7 Å². The van der Waals surface area contributed by atoms with Crippen molar-refractivity contribution in [2.45, 2.75) is 25.7 Å². The standard InChI is InChI=1S/C18H16ClN3O4/c19-15-10(16(24)25)1-2-12(20-15)22-8-3-13(21-22)26-9-11(23)14-17(4-5-17)18(14)6-7-18/h1-3,8,14H,4-7,9H2,(H,24,25). The van der Waals surface area contributed by atoms with Crippen LogP contribution in [-0.2, 0) is 4.79 Å². The van der Waals surface area contributed by atoms with Gasteiger partial charge in [-0.15, -0.1) is 5.10 Å². The van der Waals surface area contributed by atoms with Gasteiger partial charge in [-0.1, -0.05) is 11.6 Å². The lowest BCUT2D eigenvalue weighted by molar-refractivity contribution is -0.123. The molecule has 0 radical (unpaired) electrons. The second-order valence-electron chi connectivity index (χ2n) is 7.41. The molecule has 26 heavy (non-hydrogen) atoms. The van der Waals surface area contributed by atoms with Gasteiger partial charge in [-0.2, -0.15) is 0 Å². The van der Waals surface area contributed by atoms with E-state index >= 15 is 0 Å². The summed E-state index contributed by atoms with van der Waals surface area (Å²) in [5, 5.41) is 13.1. The minimum absolute atomic E-state index is 0.0390. The van der Waals surface area contributed by atoms with Gasteiger partial charge in [0, 0.05) is 18.2 Å². The Hall–Kier alpha value is -2.41. The molecule has 0 amide bonds. The van der Waals surface area contributed by atoms with Crippen molar-refractivity contribution in [2.75, 3.05) is 6.61 Å². The van der Waals surface area contributed by atoms with Gasteiger partial charge in [0.05, 0.1) is 5.56 Å². The predicted octanol–water partition coefficient (Wildman–Crippen LogP) is 2.76. The molecule has 134 valence electrons. The molecular weight excluding hydrogens is 358 g/mol. The highest BCUT2D eigenvalue weighted by Gasteiger charge is 2.88. The highest BCUT2D eigenvalue weighted by atomic mass is 35.5. The van der Waals surface area contributed by atoms with E-state index in [1.165, 1.54) is 42.5 Å². The second kappa shape index (κ2) is 5.07. The van der Waals surface area contributed by atoms with Gasteiger partial charge in [0.25, 0.3) is 0 Å². The monoisotopic (exact) mass is 373 g/mol. The summed E-state index contributed by atoms with van der Waals surface area (Å²) in [6.45, 7) is 0.0390. The summed E-state index contributed by atoms with van der Waals surface area (Å²) in [6, 6.07) is 4.52. The van der Waals surface area contributed by atoms with Crippen molar-refractivity contribution in [1.29, 1.82) is 0 Å². The Labute approximate surface area is 153 Å². The van der Waals surface area contributed by atoms with E-state index in [2.05, 4.69) is 10.1 Å². The lowest BCUT2D eigenvalue weighted by Crippen LogP contribution is -2.15. The molecule has 2 heterocycles. The maximum absolute atomic E-state index is 12.5. The Morgan fingerprint density at radius 2 is 1.92 bits per heavy atom. The molecule has 7 nitrogen and oxygen atoms in total. The number of pyridine rings is 1. The molecule has 0 atom stereocenters. The van der Waals surface area contributed by atoms with Crippen LogP contribution in [0.3, 0.4) is 0 Å². The third-order valence-electron chi connectivity index (χ3n) is 6.14. The number of ether oxygens (including phenoxy) is 1. The minimum Gasteiger partial charge on any atom is -0.478 e. The van der Waals surface area contributed by atoms with E-state index < -0.39 is 5.97 Å². The van der Waals surface area contributed by atoms with Gasteiger partial charge in [0.15, 0.2) is 11.6 Å². The third kappa shape index (κ3) is 2.13. The molecule has 3 fully saturated rings. The molecule has 3 saturated carbocycles. The number of nitrogens with zero attached hydrogens (tertiary/aromatic N) is 3. The highest BCUT2D eigenvalue weighted by molar-refractivity contribution is 6.32. The number of carbonyl (C=O) groups is 2. The average Bonchev–Trinajstić information content (AvgIpc) is 3.56. The summed E-state index contributed by atoms with van der Waals surface area (Å²) in [4.78, 5) is 27.5. The molecule has 8 heteroatoms. The van der Waals surface area contributed by atoms with E-state index in [0.717, 1.165) is 0 Å². The molecule has 0 aliphatic heterocycles. The van der Waals surface area contributed by atoms with Crippen molar-refractivity contribution in [2.24, 2.45) is 16.7 Å². The van der Waals surface area contributed by atoms with Crippen molar-refractivity contribution < 1.29 is 19.4 Å². The quantitative estimate of drug-likeness (QED) is 0.782. The predicted molar refractivity (Wildman–Crippen MR) is 90.7 cm³/mol. The zero-order chi connectivity index (χ0) is 18.1. The maximum atomic E-state index is 12.5. The summed E-state index contributed by atoms with van der Waals surface area (Å²) in [6.07, 6.45) is 6.39. The molecule has 0 bridgehead atoms. The van der Waals surface area contributed by atoms with Crippen LogP contribution in [0.1, 0.15) is 36.0 Å². The summed E-state index contributed by atoms with van der Waals surface area (Å²) in [5.41, 5.74) is 0.593. The van der Waals surface area contributed by atoms with Crippen LogP contribution in [0.2, 0.25) is 5.15 Å². The number of hydrogen-bond acceptors (Lipinski definition) is 5. The number of carboxylic acids is 1. The third-order valence-corrected chi connectivity index (χ3v) is 6.43. The molecule has 3 aliphatic rings. The number of ketones is 1. The molecule has 1 N–H and O–H groups in total. The molecule has 0 unspecified atom stereocenters. The van der Waals surface area contributed by atoms with Crippen LogP contribution in [0.4, 0.5) is 0 Å². The summed E-state index contributed by atoms with van der Waals surface area (Å²) < 4.78 is 7.00. The van der Waals surface area contributed by atoms with Gasteiger partial charge in [-0.25, -0.2) is 14.5 Å². The Bertz CT molecular complexity index is 928. The van der Waals surface area contributed by atoms with Crippen LogP contribution in [0, 0.1) is 16.7 Å². The van der Waals surface area contributed by atoms with Gasteiger partial charge in [-0.3, -0.25) is 4.79 Å². The molecular formula is C18H16ClN3O4. The first-order valence-electron chi connectivity index (χ1n) is 8.58. The van der Waals surface area contributed by atoms with Gasteiger partial charge in [0.2, 0.25) is 5.88 Å². The number of hydrogen-bond donors (Lipinski definition) is 1. The average molecular weight is 374 g/mol. The zero-order valence-corrected chi connectivity index (χ0v) is 14.6. The first-order valence-corrected chi connectivity index (χ1v) is 8.96. The minimum atomic E-state index is -1.14. The lowest BCUT2D eigenvalue weighted by atomic mass is 10.2. The molecule has 0 aromatic carbocycles. The normalized spacial score (nSPS) is 21.0. The van der Waals surface area contributed by atoms with E-state index in [0.29, 0.717) is 22.5 Å². The number of Topliss-reactive ketones (excluding diaryl/α,β-unsaturated/α-hetero) is 1. The van der Waals surface area contributed by atoms with Gasteiger partial charge >= 0.3 is 5.97 Å². The van der Waals surface area contributed by atoms with Gasteiger partial charge < -0.3 is 9.84 Å². The van der Waals surface area contributed by atoms with E-state index in [9.17, 15) is 9.59 Å². The fourth-order valence-corrected chi connectivity index (χ4v) is 4.88. The zero-order valence-electron chi connectivity index (χ0n) is 13.8. The van der Waals surface area contributed by atoms with Crippen LogP contribution in [0.5, 0.6) is 5.88 Å². The van der Waals surface area contributed by atoms with Crippen molar-refractivity contribution >= 4 is 23.4 Å². The first kappa shape index (κ1) is 15.8. The molecule has 2 spiro atoms. The maximum Gasteiger partial charge on any atom is 0.338 e. The van der Waals surface area contributed by atoms with Crippen LogP contribution < -0.4 is 4.74 Å². The largest absolute Gasteiger partial charge is 0.478 e. The molecule has 5 rings (SSSR count). The molecule has 3 aliphatic carbocycles. The van der Waals surface area contributed by atoms with Crippen LogP contribution in [-0.4, -0.2) is 38.2 Å². The Morgan fingerprint density at radius 1 is 1.23 bits per heavy atom. The number of carboxylic acid groups (broad SMARTS) is 1. The Morgan fingerprint density at radius 3 is 2.50 bits per heavy atom. The van der Waals surface area contributed by atoms with E-state index in [1.807, 2.05) is 0 Å². The highest BCUT2D eigenvalue weighted by Crippen LogP contribution is 2.92. The molecule has 2 aromatic heterocycles. The lowest BCUT2D eigenvalue weighted by Gasteiger charge is -2.04. The number of rotatable bonds is 6. The van der Waals surface area contributed by atoms with E-state index in [-0.39, 0.29) is 29.0 Å². The van der Waals surface area contributed by atoms with Crippen molar-refractivity contribution in [1.82, 2.24) is 14.8 Å². The van der Waals surface area contributed by atoms with Crippen LogP contribution in [0.25, 0.3) is 5.82 Å². The number of aromatic carboxylic acids is 1. The number of halogens is 1. The molecule has 0 saturated heterocycles. The number of carbonyl (C=O) groups excluding carboxylic acids is 1. The fourth-order valence-electron chi connectivity index (χ4n) is 4.65. The van der Waals surface area contributed by atoms with Gasteiger partial charge in [0.1, 0.15) is 11.8 Å². The summed E-state index contributed by atoms with van der Waals surface area (Å²) in [7, 11) is 0. The fraction of sp³-hybridized carbons (Fsp3) is 0.444. The Kier molecular flexibility index (Phi) is 3.08. The van der Waals surface area contributed by atoms with Crippen molar-refractivity contribution in [3.05, 3.63) is 35.1 Å². The van der Waals surface area contributed by atoms with E-state index in [1.54, 1.807) is 12.3 Å². The summed E-state index contributed by atoms with van der Waals surface area (Å²) >= 11 is 5.88. The first-order chi connectivity index (χ1) is 12.5. The number of fused-ring (bicyclic) bond motifs is 1. The SMILES string of the molecule is O=C(O)c1ccc(-n2ccc(OCC(=O)C3C4(CC4)C34CC4)n2)nc1Cl. The number of aromatic nitrogens is 3. The van der Waals surface area contributed by atoms with Crippen molar-refractivity contribution in [3.63, 3.8) is 0 Å². The molecule has 2 aromatic rings. The van der Waals surface area contributed by atoms with E-state index in [4.69, 9.17) is 21.4 Å². The Balaban J connectivity index is 1.25. The second-order valence-corrected chi connectivity index (χ2v) is 7.77. The smallest absolute Gasteiger partial charge is 0.338 e. The topological polar surface area (TPSA) is 94.3 Å². The van der Waals surface area contributed by atoms with Crippen LogP contribution in [0.15, 0.2) is 24.4 Å². The van der Waals surface area contributed by atoms with Gasteiger partial charge in [-0.05, 0) is 48.6 Å². The summed E-state index contributed by atoms with van der Waals surface area (Å²) in [5.74, 6) is -0.0622. The van der Waals surface area contributed by atoms with Crippen LogP contribution >= 0.6 is 11.6 Å².